The molecule has 0 unspecified atom stereocenters. The molecular formula is C12H20IN7OS. The van der Waals surface area contributed by atoms with Crippen molar-refractivity contribution >= 4 is 41.3 Å². The zero-order chi connectivity index (χ0) is 15.2. The number of aromatic nitrogens is 4. The van der Waals surface area contributed by atoms with E-state index in [9.17, 15) is 0 Å². The van der Waals surface area contributed by atoms with Gasteiger partial charge in [-0.05, 0) is 6.92 Å². The third kappa shape index (κ3) is 5.48. The topological polar surface area (TPSA) is 101 Å². The van der Waals surface area contributed by atoms with Crippen LogP contribution in [-0.2, 0) is 13.1 Å². The maximum atomic E-state index is 5.02. The summed E-state index contributed by atoms with van der Waals surface area (Å²) in [5.74, 6) is 2.18. The first-order chi connectivity index (χ1) is 10.1. The van der Waals surface area contributed by atoms with Crippen molar-refractivity contribution in [2.75, 3.05) is 7.05 Å². The first-order valence-electron chi connectivity index (χ1n) is 6.64. The summed E-state index contributed by atoms with van der Waals surface area (Å²) in [6.07, 6.45) is 0. The Morgan fingerprint density at radius 2 is 2.00 bits per heavy atom. The van der Waals surface area contributed by atoms with Crippen molar-refractivity contribution in [3.05, 3.63) is 21.7 Å². The third-order valence-corrected chi connectivity index (χ3v) is 3.81. The molecule has 0 saturated carbocycles. The van der Waals surface area contributed by atoms with E-state index in [1.807, 2.05) is 0 Å². The van der Waals surface area contributed by atoms with E-state index in [1.54, 1.807) is 25.3 Å². The molecule has 0 atom stereocenters. The van der Waals surface area contributed by atoms with Crippen LogP contribution >= 0.6 is 35.3 Å². The van der Waals surface area contributed by atoms with Crippen LogP contribution in [0, 0.1) is 6.92 Å². The van der Waals surface area contributed by atoms with Crippen LogP contribution in [0.15, 0.2) is 9.52 Å². The van der Waals surface area contributed by atoms with Crippen LogP contribution in [0.2, 0.25) is 0 Å². The number of nitrogens with one attached hydrogen (secondary N) is 2. The number of nitrogens with zero attached hydrogens (tertiary/aromatic N) is 5. The number of hydrogen-bond donors (Lipinski definition) is 2. The van der Waals surface area contributed by atoms with Crippen molar-refractivity contribution in [1.82, 2.24) is 31.0 Å². The highest BCUT2D eigenvalue weighted by atomic mass is 127. The van der Waals surface area contributed by atoms with E-state index in [2.05, 4.69) is 49.8 Å². The summed E-state index contributed by atoms with van der Waals surface area (Å²) in [6.45, 7) is 6.98. The number of aliphatic imine (C=N–C) groups is 1. The molecule has 2 N–H and O–H groups in total. The van der Waals surface area contributed by atoms with Gasteiger partial charge in [-0.2, -0.15) is 4.98 Å². The number of guanidine groups is 1. The van der Waals surface area contributed by atoms with Gasteiger partial charge in [-0.25, -0.2) is 0 Å². The SMILES string of the molecule is CN=C(NCc1nc(C)no1)NCc1nnc(C(C)C)s1.I. The normalized spacial score (nSPS) is 11.4. The average molecular weight is 437 g/mol. The molecule has 0 fully saturated rings. The Balaban J connectivity index is 0.00000242. The fraction of sp³-hybridized carbons (Fsp3) is 0.583. The summed E-state index contributed by atoms with van der Waals surface area (Å²) in [7, 11) is 1.70. The Hall–Kier alpha value is -1.30. The third-order valence-electron chi connectivity index (χ3n) is 2.58. The zero-order valence-electron chi connectivity index (χ0n) is 13.0. The van der Waals surface area contributed by atoms with Crippen LogP contribution in [0.5, 0.6) is 0 Å². The molecule has 2 rings (SSSR count). The van der Waals surface area contributed by atoms with Crippen molar-refractivity contribution < 1.29 is 4.52 Å². The Bertz CT molecular complexity index is 610. The fourth-order valence-electron chi connectivity index (χ4n) is 1.52. The molecule has 122 valence electrons. The van der Waals surface area contributed by atoms with Gasteiger partial charge in [0, 0.05) is 13.0 Å². The van der Waals surface area contributed by atoms with Gasteiger partial charge in [0.15, 0.2) is 11.8 Å². The van der Waals surface area contributed by atoms with Gasteiger partial charge in [0.1, 0.15) is 10.0 Å². The molecule has 22 heavy (non-hydrogen) atoms. The number of rotatable bonds is 5. The first kappa shape index (κ1) is 18.7. The second-order valence-electron chi connectivity index (χ2n) is 4.70. The zero-order valence-corrected chi connectivity index (χ0v) is 16.1. The second kappa shape index (κ2) is 8.98. The van der Waals surface area contributed by atoms with E-state index in [1.165, 1.54) is 0 Å². The molecule has 2 aromatic rings. The van der Waals surface area contributed by atoms with Crippen LogP contribution in [0.1, 0.15) is 41.5 Å². The van der Waals surface area contributed by atoms with Crippen molar-refractivity contribution in [3.8, 4) is 0 Å². The van der Waals surface area contributed by atoms with E-state index >= 15 is 0 Å². The molecule has 0 aromatic carbocycles. The van der Waals surface area contributed by atoms with Crippen LogP contribution in [0.4, 0.5) is 0 Å². The van der Waals surface area contributed by atoms with Gasteiger partial charge in [-0.15, -0.1) is 34.2 Å². The summed E-state index contributed by atoms with van der Waals surface area (Å²) in [6, 6.07) is 0. The number of halogens is 1. The van der Waals surface area contributed by atoms with Gasteiger partial charge < -0.3 is 15.2 Å². The van der Waals surface area contributed by atoms with Crippen molar-refractivity contribution in [2.45, 2.75) is 39.8 Å². The smallest absolute Gasteiger partial charge is 0.246 e. The maximum Gasteiger partial charge on any atom is 0.246 e. The number of aryl methyl sites for hydroxylation is 1. The Kier molecular flexibility index (Phi) is 7.65. The summed E-state index contributed by atoms with van der Waals surface area (Å²) in [5.41, 5.74) is 0. The van der Waals surface area contributed by atoms with Gasteiger partial charge in [0.2, 0.25) is 5.89 Å². The maximum absolute atomic E-state index is 5.02. The second-order valence-corrected chi connectivity index (χ2v) is 5.80. The molecule has 8 nitrogen and oxygen atoms in total. The van der Waals surface area contributed by atoms with E-state index in [0.29, 0.717) is 36.7 Å². The lowest BCUT2D eigenvalue weighted by atomic mass is 10.2. The van der Waals surface area contributed by atoms with E-state index in [0.717, 1.165) is 10.0 Å². The average Bonchev–Trinajstić information content (AvgIpc) is 3.08. The molecular weight excluding hydrogens is 417 g/mol. The molecule has 2 aromatic heterocycles. The molecule has 0 saturated heterocycles. The van der Waals surface area contributed by atoms with Crippen LogP contribution in [-0.4, -0.2) is 33.3 Å². The van der Waals surface area contributed by atoms with Gasteiger partial charge in [0.25, 0.3) is 0 Å². The van der Waals surface area contributed by atoms with Gasteiger partial charge >= 0.3 is 0 Å². The highest BCUT2D eigenvalue weighted by Gasteiger charge is 2.09. The lowest BCUT2D eigenvalue weighted by Gasteiger charge is -2.08. The van der Waals surface area contributed by atoms with Gasteiger partial charge in [0.05, 0.1) is 13.1 Å². The molecule has 0 aliphatic carbocycles. The standard InChI is InChI=1S/C12H19N7OS.HI/c1-7(2)11-18-17-10(21-11)6-15-12(13-4)14-5-9-16-8(3)19-20-9;/h7H,5-6H2,1-4H3,(H2,13,14,15);1H. The minimum Gasteiger partial charge on any atom is -0.350 e. The minimum absolute atomic E-state index is 0. The van der Waals surface area contributed by atoms with Gasteiger partial charge in [-0.3, -0.25) is 4.99 Å². The van der Waals surface area contributed by atoms with E-state index in [4.69, 9.17) is 4.52 Å². The van der Waals surface area contributed by atoms with Crippen LogP contribution in [0.25, 0.3) is 0 Å². The molecule has 2 heterocycles. The highest BCUT2D eigenvalue weighted by Crippen LogP contribution is 2.18. The summed E-state index contributed by atoms with van der Waals surface area (Å²) >= 11 is 1.60. The molecule has 0 radical (unpaired) electrons. The minimum atomic E-state index is 0. The Labute approximate surface area is 150 Å². The van der Waals surface area contributed by atoms with Crippen LogP contribution < -0.4 is 10.6 Å². The summed E-state index contributed by atoms with van der Waals surface area (Å²) in [5, 5.41) is 20.3. The Morgan fingerprint density at radius 1 is 1.27 bits per heavy atom. The molecule has 0 aliphatic heterocycles. The largest absolute Gasteiger partial charge is 0.350 e. The first-order valence-corrected chi connectivity index (χ1v) is 7.46. The molecule has 10 heteroatoms. The monoisotopic (exact) mass is 437 g/mol. The van der Waals surface area contributed by atoms with Gasteiger partial charge in [-0.1, -0.05) is 30.3 Å². The van der Waals surface area contributed by atoms with Crippen molar-refractivity contribution in [1.29, 1.82) is 0 Å². The number of hydrogen-bond acceptors (Lipinski definition) is 7. The highest BCUT2D eigenvalue weighted by molar-refractivity contribution is 14.0. The summed E-state index contributed by atoms with van der Waals surface area (Å²) in [4.78, 5) is 8.24. The Morgan fingerprint density at radius 3 is 2.55 bits per heavy atom. The van der Waals surface area contributed by atoms with E-state index < -0.39 is 0 Å². The molecule has 0 bridgehead atoms. The summed E-state index contributed by atoms with van der Waals surface area (Å²) < 4.78 is 5.02. The molecule has 0 amide bonds. The lowest BCUT2D eigenvalue weighted by Crippen LogP contribution is -2.36. The fourth-order valence-corrected chi connectivity index (χ4v) is 2.31. The predicted octanol–water partition coefficient (Wildman–Crippen LogP) is 1.84. The van der Waals surface area contributed by atoms with Crippen LogP contribution in [0.3, 0.4) is 0 Å². The van der Waals surface area contributed by atoms with Crippen molar-refractivity contribution in [2.24, 2.45) is 4.99 Å². The molecule has 0 spiro atoms. The predicted molar refractivity (Wildman–Crippen MR) is 95.5 cm³/mol. The van der Waals surface area contributed by atoms with E-state index in [-0.39, 0.29) is 24.0 Å². The quantitative estimate of drug-likeness (QED) is 0.418. The van der Waals surface area contributed by atoms with Crippen molar-refractivity contribution in [3.63, 3.8) is 0 Å². The molecule has 0 aliphatic rings. The lowest BCUT2D eigenvalue weighted by molar-refractivity contribution is 0.371.